The van der Waals surface area contributed by atoms with Crippen LogP contribution in [-0.4, -0.2) is 20.5 Å². The molecule has 0 spiro atoms. The Hall–Kier alpha value is -1.68. The fourth-order valence-electron chi connectivity index (χ4n) is 2.27. The molecule has 4 nitrogen and oxygen atoms in total. The Kier molecular flexibility index (Phi) is 4.55. The number of nitrogens with zero attached hydrogens (tertiary/aromatic N) is 3. The van der Waals surface area contributed by atoms with Gasteiger partial charge in [0.1, 0.15) is 0 Å². The van der Waals surface area contributed by atoms with Crippen molar-refractivity contribution in [3.8, 4) is 0 Å². The number of Topliss-reactive ketones (excluding diaryl/α,β-unsaturated/α-hetero) is 1. The van der Waals surface area contributed by atoms with Gasteiger partial charge in [0.25, 0.3) is 0 Å². The molecule has 0 aromatic carbocycles. The van der Waals surface area contributed by atoms with Gasteiger partial charge in [-0.25, -0.2) is 0 Å². The van der Waals surface area contributed by atoms with Crippen molar-refractivity contribution in [2.24, 2.45) is 0 Å². The Morgan fingerprint density at radius 3 is 2.80 bits per heavy atom. The number of aryl methyl sites for hydroxylation is 3. The van der Waals surface area contributed by atoms with E-state index in [1.165, 1.54) is 0 Å². The van der Waals surface area contributed by atoms with Crippen molar-refractivity contribution in [3.63, 3.8) is 0 Å². The summed E-state index contributed by atoms with van der Waals surface area (Å²) >= 11 is 6.25. The summed E-state index contributed by atoms with van der Waals surface area (Å²) in [6.45, 7) is 6.56. The normalized spacial score (nSPS) is 10.8. The van der Waals surface area contributed by atoms with E-state index in [9.17, 15) is 4.79 Å². The molecular weight excluding hydrogens is 274 g/mol. The van der Waals surface area contributed by atoms with Gasteiger partial charge in [-0.05, 0) is 31.9 Å². The van der Waals surface area contributed by atoms with Crippen molar-refractivity contribution in [2.75, 3.05) is 0 Å². The molecule has 2 rings (SSSR count). The maximum Gasteiger partial charge on any atom is 0.169 e. The molecule has 5 heteroatoms. The Balaban J connectivity index is 2.33. The quantitative estimate of drug-likeness (QED) is 0.795. The first-order valence-corrected chi connectivity index (χ1v) is 7.14. The van der Waals surface area contributed by atoms with Gasteiger partial charge < -0.3 is 0 Å². The number of carbonyl (C=O) groups is 1. The molecule has 0 radical (unpaired) electrons. The molecule has 20 heavy (non-hydrogen) atoms. The molecule has 0 aliphatic rings. The lowest BCUT2D eigenvalue weighted by molar-refractivity contribution is 0.0989. The predicted molar refractivity (Wildman–Crippen MR) is 79.3 cm³/mol. The topological polar surface area (TPSA) is 47.8 Å². The van der Waals surface area contributed by atoms with Crippen LogP contribution in [0, 0.1) is 6.92 Å². The lowest BCUT2D eigenvalue weighted by Gasteiger charge is -2.08. The number of aromatic nitrogens is 3. The van der Waals surface area contributed by atoms with Crippen molar-refractivity contribution < 1.29 is 4.79 Å². The van der Waals surface area contributed by atoms with E-state index in [4.69, 9.17) is 11.6 Å². The number of carbonyl (C=O) groups excluding carboxylic acids is 1. The van der Waals surface area contributed by atoms with Gasteiger partial charge in [0.2, 0.25) is 0 Å². The Morgan fingerprint density at radius 2 is 2.15 bits per heavy atom. The third-order valence-corrected chi connectivity index (χ3v) is 3.86. The fraction of sp³-hybridized carbons (Fsp3) is 0.400. The molecule has 0 atom stereocenters. The van der Waals surface area contributed by atoms with Gasteiger partial charge in [0.05, 0.1) is 22.8 Å². The minimum absolute atomic E-state index is 0.0563. The van der Waals surface area contributed by atoms with Crippen LogP contribution in [0.1, 0.15) is 41.2 Å². The molecule has 0 unspecified atom stereocenters. The van der Waals surface area contributed by atoms with E-state index >= 15 is 0 Å². The minimum Gasteiger partial charge on any atom is -0.294 e. The highest BCUT2D eigenvalue weighted by molar-refractivity contribution is 6.32. The first-order valence-electron chi connectivity index (χ1n) is 6.76. The second-order valence-corrected chi connectivity index (χ2v) is 5.03. The Labute approximate surface area is 123 Å². The van der Waals surface area contributed by atoms with Crippen LogP contribution >= 0.6 is 11.6 Å². The summed E-state index contributed by atoms with van der Waals surface area (Å²) in [5.41, 5.74) is 3.24. The fourth-order valence-corrected chi connectivity index (χ4v) is 2.47. The lowest BCUT2D eigenvalue weighted by atomic mass is 10.0. The van der Waals surface area contributed by atoms with Crippen molar-refractivity contribution >= 4 is 17.4 Å². The molecule has 0 saturated carbocycles. The molecule has 2 aromatic rings. The standard InChI is InChI=1S/C15H18ClN3O/c1-4-11-9-17-7-6-12(11)14(20)8-13-15(16)10(3)18-19(13)5-2/h6-7,9H,4-5,8H2,1-3H3. The molecule has 0 amide bonds. The highest BCUT2D eigenvalue weighted by Gasteiger charge is 2.18. The van der Waals surface area contributed by atoms with E-state index in [1.807, 2.05) is 20.8 Å². The monoisotopic (exact) mass is 291 g/mol. The van der Waals surface area contributed by atoms with Gasteiger partial charge in [-0.2, -0.15) is 5.10 Å². The molecular formula is C15H18ClN3O. The van der Waals surface area contributed by atoms with E-state index in [-0.39, 0.29) is 12.2 Å². The number of pyridine rings is 1. The molecule has 0 bridgehead atoms. The van der Waals surface area contributed by atoms with Crippen molar-refractivity contribution in [1.82, 2.24) is 14.8 Å². The molecule has 0 N–H and O–H groups in total. The highest BCUT2D eigenvalue weighted by Crippen LogP contribution is 2.22. The number of halogens is 1. The van der Waals surface area contributed by atoms with Crippen LogP contribution in [0.5, 0.6) is 0 Å². The summed E-state index contributed by atoms with van der Waals surface area (Å²) in [6, 6.07) is 1.77. The smallest absolute Gasteiger partial charge is 0.169 e. The van der Waals surface area contributed by atoms with Crippen LogP contribution < -0.4 is 0 Å². The van der Waals surface area contributed by atoms with Crippen LogP contribution in [0.15, 0.2) is 18.5 Å². The predicted octanol–water partition coefficient (Wildman–Crippen LogP) is 3.25. The Bertz CT molecular complexity index is 634. The second-order valence-electron chi connectivity index (χ2n) is 4.65. The largest absolute Gasteiger partial charge is 0.294 e. The van der Waals surface area contributed by atoms with Gasteiger partial charge in [-0.3, -0.25) is 14.5 Å². The number of hydrogen-bond acceptors (Lipinski definition) is 3. The minimum atomic E-state index is 0.0563. The van der Waals surface area contributed by atoms with Crippen LogP contribution in [0.25, 0.3) is 0 Å². The van der Waals surface area contributed by atoms with Gasteiger partial charge >= 0.3 is 0 Å². The van der Waals surface area contributed by atoms with Crippen molar-refractivity contribution in [3.05, 3.63) is 46.0 Å². The van der Waals surface area contributed by atoms with Crippen molar-refractivity contribution in [2.45, 2.75) is 40.2 Å². The van der Waals surface area contributed by atoms with Crippen LogP contribution in [-0.2, 0) is 19.4 Å². The summed E-state index contributed by atoms with van der Waals surface area (Å²) in [6.07, 6.45) is 4.45. The van der Waals surface area contributed by atoms with E-state index in [2.05, 4.69) is 10.1 Å². The van der Waals surface area contributed by atoms with Gasteiger partial charge in [0, 0.05) is 24.5 Å². The van der Waals surface area contributed by atoms with Crippen molar-refractivity contribution in [1.29, 1.82) is 0 Å². The number of ketones is 1. The third kappa shape index (κ3) is 2.75. The maximum absolute atomic E-state index is 12.5. The second kappa shape index (κ2) is 6.18. The first-order chi connectivity index (χ1) is 9.58. The van der Waals surface area contributed by atoms with Gasteiger partial charge in [0.15, 0.2) is 5.78 Å². The van der Waals surface area contributed by atoms with Crippen LogP contribution in [0.2, 0.25) is 5.02 Å². The zero-order chi connectivity index (χ0) is 14.7. The molecule has 0 aliphatic heterocycles. The highest BCUT2D eigenvalue weighted by atomic mass is 35.5. The molecule has 0 fully saturated rings. The van der Waals surface area contributed by atoms with Crippen LogP contribution in [0.4, 0.5) is 0 Å². The van der Waals surface area contributed by atoms with Gasteiger partial charge in [-0.1, -0.05) is 18.5 Å². The summed E-state index contributed by atoms with van der Waals surface area (Å²) in [5.74, 6) is 0.0563. The SMILES string of the molecule is CCc1cnccc1C(=O)Cc1c(Cl)c(C)nn1CC. The van der Waals surface area contributed by atoms with Crippen LogP contribution in [0.3, 0.4) is 0 Å². The molecule has 0 saturated heterocycles. The third-order valence-electron chi connectivity index (χ3n) is 3.37. The molecule has 2 aromatic heterocycles. The molecule has 106 valence electrons. The maximum atomic E-state index is 12.5. The Morgan fingerprint density at radius 1 is 1.40 bits per heavy atom. The van der Waals surface area contributed by atoms with E-state index in [1.54, 1.807) is 23.1 Å². The average Bonchev–Trinajstić information content (AvgIpc) is 2.74. The summed E-state index contributed by atoms with van der Waals surface area (Å²) in [5, 5.41) is 4.93. The summed E-state index contributed by atoms with van der Waals surface area (Å²) < 4.78 is 1.79. The molecule has 0 aliphatic carbocycles. The lowest BCUT2D eigenvalue weighted by Crippen LogP contribution is -2.12. The zero-order valence-corrected chi connectivity index (χ0v) is 12.7. The summed E-state index contributed by atoms with van der Waals surface area (Å²) in [4.78, 5) is 16.6. The summed E-state index contributed by atoms with van der Waals surface area (Å²) in [7, 11) is 0. The first kappa shape index (κ1) is 14.7. The van der Waals surface area contributed by atoms with E-state index < -0.39 is 0 Å². The molecule has 2 heterocycles. The van der Waals surface area contributed by atoms with Gasteiger partial charge in [-0.15, -0.1) is 0 Å². The average molecular weight is 292 g/mol. The number of hydrogen-bond donors (Lipinski definition) is 0. The van der Waals surface area contributed by atoms with E-state index in [0.29, 0.717) is 11.6 Å². The van der Waals surface area contributed by atoms with E-state index in [0.717, 1.165) is 28.9 Å². The zero-order valence-electron chi connectivity index (χ0n) is 12.0. The number of rotatable bonds is 5.